The van der Waals surface area contributed by atoms with Gasteiger partial charge in [-0.2, -0.15) is 0 Å². The summed E-state index contributed by atoms with van der Waals surface area (Å²) in [5, 5.41) is 4.86. The van der Waals surface area contributed by atoms with Gasteiger partial charge >= 0.3 is 0 Å². The Balaban J connectivity index is 1.11. The van der Waals surface area contributed by atoms with Gasteiger partial charge < -0.3 is 4.90 Å². The molecular formula is C51H35N3. The second kappa shape index (κ2) is 13.4. The van der Waals surface area contributed by atoms with Gasteiger partial charge in [-0.05, 0) is 111 Å². The molecular weight excluding hydrogens is 655 g/mol. The third-order valence-electron chi connectivity index (χ3n) is 10.3. The van der Waals surface area contributed by atoms with Crippen LogP contribution in [0.4, 0.5) is 17.1 Å². The fraction of sp³-hybridized carbons (Fsp3) is 0. The van der Waals surface area contributed by atoms with Gasteiger partial charge in [0.2, 0.25) is 0 Å². The summed E-state index contributed by atoms with van der Waals surface area (Å²) in [5.74, 6) is 0.902. The third kappa shape index (κ3) is 5.78. The smallest absolute Gasteiger partial charge is 0.145 e. The van der Waals surface area contributed by atoms with Gasteiger partial charge in [0.15, 0.2) is 0 Å². The van der Waals surface area contributed by atoms with Crippen molar-refractivity contribution in [3.05, 3.63) is 212 Å². The maximum absolute atomic E-state index is 5.31. The van der Waals surface area contributed by atoms with Crippen molar-refractivity contribution in [2.75, 3.05) is 4.90 Å². The molecule has 0 bridgehead atoms. The first-order chi connectivity index (χ1) is 26.7. The van der Waals surface area contributed by atoms with Gasteiger partial charge in [-0.15, -0.1) is 0 Å². The summed E-state index contributed by atoms with van der Waals surface area (Å²) >= 11 is 0. The van der Waals surface area contributed by atoms with Gasteiger partial charge in [0.1, 0.15) is 5.82 Å². The highest BCUT2D eigenvalue weighted by Crippen LogP contribution is 2.40. The zero-order valence-electron chi connectivity index (χ0n) is 29.5. The van der Waals surface area contributed by atoms with E-state index in [9.17, 15) is 0 Å². The van der Waals surface area contributed by atoms with Crippen LogP contribution in [0.5, 0.6) is 0 Å². The van der Waals surface area contributed by atoms with E-state index in [0.29, 0.717) is 0 Å². The fourth-order valence-corrected chi connectivity index (χ4v) is 7.63. The third-order valence-corrected chi connectivity index (χ3v) is 10.3. The number of benzene rings is 9. The minimum atomic E-state index is 0.902. The average Bonchev–Trinajstić information content (AvgIpc) is 3.62. The number of fused-ring (bicyclic) bond motifs is 3. The summed E-state index contributed by atoms with van der Waals surface area (Å²) in [4.78, 5) is 7.65. The van der Waals surface area contributed by atoms with Crippen molar-refractivity contribution in [2.45, 2.75) is 0 Å². The van der Waals surface area contributed by atoms with E-state index in [2.05, 4.69) is 222 Å². The number of aromatic nitrogens is 2. The Bertz CT molecular complexity index is 2910. The number of para-hydroxylation sites is 1. The standard InChI is InChI=1S/C51H35N3/c1-3-12-36(13-4-1)38-24-28-46(29-25-38)53(47-30-26-39(27-31-47)43-23-22-37-14-7-8-15-40(37)32-43)48-21-11-18-44(33-48)51-52-49-34-41-16-9-10-17-42(41)35-50(49)54(51)45-19-5-2-6-20-45/h1-35H. The number of hydrogen-bond donors (Lipinski definition) is 0. The van der Waals surface area contributed by atoms with E-state index < -0.39 is 0 Å². The molecule has 0 radical (unpaired) electrons. The molecule has 10 aromatic rings. The van der Waals surface area contributed by atoms with Crippen LogP contribution in [0.2, 0.25) is 0 Å². The highest BCUT2D eigenvalue weighted by Gasteiger charge is 2.19. The first kappa shape index (κ1) is 31.5. The number of imidazole rings is 1. The minimum absolute atomic E-state index is 0.902. The number of hydrogen-bond acceptors (Lipinski definition) is 2. The van der Waals surface area contributed by atoms with E-state index in [1.54, 1.807) is 0 Å². The fourth-order valence-electron chi connectivity index (χ4n) is 7.63. The highest BCUT2D eigenvalue weighted by molar-refractivity contribution is 5.98. The van der Waals surface area contributed by atoms with Crippen LogP contribution >= 0.6 is 0 Å². The molecule has 0 saturated carbocycles. The molecule has 10 rings (SSSR count). The topological polar surface area (TPSA) is 21.1 Å². The van der Waals surface area contributed by atoms with Crippen molar-refractivity contribution in [3.63, 3.8) is 0 Å². The predicted octanol–water partition coefficient (Wildman–Crippen LogP) is 13.8. The summed E-state index contributed by atoms with van der Waals surface area (Å²) in [5.41, 5.74) is 12.1. The summed E-state index contributed by atoms with van der Waals surface area (Å²) < 4.78 is 2.29. The lowest BCUT2D eigenvalue weighted by Gasteiger charge is -2.26. The summed E-state index contributed by atoms with van der Waals surface area (Å²) in [6.45, 7) is 0. The lowest BCUT2D eigenvalue weighted by molar-refractivity contribution is 1.10. The van der Waals surface area contributed by atoms with Crippen LogP contribution < -0.4 is 4.90 Å². The second-order valence-corrected chi connectivity index (χ2v) is 13.7. The van der Waals surface area contributed by atoms with E-state index >= 15 is 0 Å². The lowest BCUT2D eigenvalue weighted by atomic mass is 10.0. The van der Waals surface area contributed by atoms with Crippen LogP contribution in [0.3, 0.4) is 0 Å². The Labute approximate surface area is 314 Å². The molecule has 0 saturated heterocycles. The molecule has 9 aromatic carbocycles. The van der Waals surface area contributed by atoms with Crippen molar-refractivity contribution in [1.29, 1.82) is 0 Å². The first-order valence-corrected chi connectivity index (χ1v) is 18.4. The summed E-state index contributed by atoms with van der Waals surface area (Å²) in [6, 6.07) is 75.8. The van der Waals surface area contributed by atoms with Crippen molar-refractivity contribution in [3.8, 4) is 39.3 Å². The van der Waals surface area contributed by atoms with Gasteiger partial charge in [0.05, 0.1) is 11.0 Å². The Morgan fingerprint density at radius 1 is 0.333 bits per heavy atom. The molecule has 3 nitrogen and oxygen atoms in total. The van der Waals surface area contributed by atoms with Gasteiger partial charge in [-0.25, -0.2) is 4.98 Å². The average molecular weight is 690 g/mol. The molecule has 0 spiro atoms. The van der Waals surface area contributed by atoms with Crippen LogP contribution in [0.1, 0.15) is 0 Å². The molecule has 0 fully saturated rings. The molecule has 1 heterocycles. The van der Waals surface area contributed by atoms with E-state index in [1.807, 2.05) is 0 Å². The molecule has 0 unspecified atom stereocenters. The van der Waals surface area contributed by atoms with Crippen molar-refractivity contribution in [2.24, 2.45) is 0 Å². The zero-order valence-corrected chi connectivity index (χ0v) is 29.5. The Morgan fingerprint density at radius 3 is 1.54 bits per heavy atom. The van der Waals surface area contributed by atoms with Crippen molar-refractivity contribution < 1.29 is 0 Å². The monoisotopic (exact) mass is 689 g/mol. The molecule has 0 amide bonds. The molecule has 3 heteroatoms. The van der Waals surface area contributed by atoms with Gasteiger partial charge in [0, 0.05) is 28.3 Å². The second-order valence-electron chi connectivity index (χ2n) is 13.7. The van der Waals surface area contributed by atoms with Gasteiger partial charge in [0.25, 0.3) is 0 Å². The van der Waals surface area contributed by atoms with Crippen LogP contribution in [0, 0.1) is 0 Å². The Kier molecular flexibility index (Phi) is 7.81. The van der Waals surface area contributed by atoms with E-state index in [-0.39, 0.29) is 0 Å². The molecule has 0 aliphatic carbocycles. The van der Waals surface area contributed by atoms with Gasteiger partial charge in [-0.3, -0.25) is 4.57 Å². The SMILES string of the molecule is c1ccc(-c2ccc(N(c3ccc(-c4ccc5ccccc5c4)cc3)c3cccc(-c4nc5cc6ccccc6cc5n4-c4ccccc4)c3)cc2)cc1. The number of nitrogens with zero attached hydrogens (tertiary/aromatic N) is 3. The predicted molar refractivity (Wildman–Crippen MR) is 227 cm³/mol. The minimum Gasteiger partial charge on any atom is -0.310 e. The van der Waals surface area contributed by atoms with E-state index in [1.165, 1.54) is 43.8 Å². The van der Waals surface area contributed by atoms with Crippen molar-refractivity contribution in [1.82, 2.24) is 9.55 Å². The van der Waals surface area contributed by atoms with Crippen LogP contribution in [-0.2, 0) is 0 Å². The molecule has 254 valence electrons. The molecule has 1 aromatic heterocycles. The van der Waals surface area contributed by atoms with E-state index in [0.717, 1.165) is 45.2 Å². The van der Waals surface area contributed by atoms with Crippen LogP contribution in [0.15, 0.2) is 212 Å². The lowest BCUT2D eigenvalue weighted by Crippen LogP contribution is -2.10. The largest absolute Gasteiger partial charge is 0.310 e. The molecule has 0 aliphatic rings. The molecule has 0 atom stereocenters. The Hall–Kier alpha value is -7.23. The zero-order chi connectivity index (χ0) is 35.8. The highest BCUT2D eigenvalue weighted by atomic mass is 15.1. The number of rotatable bonds is 7. The van der Waals surface area contributed by atoms with Crippen LogP contribution in [-0.4, -0.2) is 9.55 Å². The number of anilines is 3. The summed E-state index contributed by atoms with van der Waals surface area (Å²) in [6.07, 6.45) is 0. The maximum Gasteiger partial charge on any atom is 0.145 e. The van der Waals surface area contributed by atoms with Crippen LogP contribution in [0.25, 0.3) is 71.9 Å². The summed E-state index contributed by atoms with van der Waals surface area (Å²) in [7, 11) is 0. The maximum atomic E-state index is 5.31. The quantitative estimate of drug-likeness (QED) is 0.166. The molecule has 0 N–H and O–H groups in total. The molecule has 54 heavy (non-hydrogen) atoms. The Morgan fingerprint density at radius 2 is 0.852 bits per heavy atom. The molecule has 0 aliphatic heterocycles. The first-order valence-electron chi connectivity index (χ1n) is 18.4. The van der Waals surface area contributed by atoms with E-state index in [4.69, 9.17) is 4.98 Å². The van der Waals surface area contributed by atoms with Crippen molar-refractivity contribution >= 4 is 49.6 Å². The van der Waals surface area contributed by atoms with Gasteiger partial charge in [-0.1, -0.05) is 146 Å². The normalized spacial score (nSPS) is 11.3.